The average Bonchev–Trinajstić information content (AvgIpc) is 2.93. The molecule has 3 heterocycles. The van der Waals surface area contributed by atoms with Crippen LogP contribution in [0.4, 0.5) is 5.00 Å². The van der Waals surface area contributed by atoms with Crippen molar-refractivity contribution < 1.29 is 19.2 Å². The summed E-state index contributed by atoms with van der Waals surface area (Å²) >= 11 is 0.907. The zero-order valence-electron chi connectivity index (χ0n) is 9.91. The first-order chi connectivity index (χ1) is 9.54. The van der Waals surface area contributed by atoms with Crippen LogP contribution >= 0.6 is 11.3 Å². The third kappa shape index (κ3) is 1.59. The quantitative estimate of drug-likeness (QED) is 0.631. The van der Waals surface area contributed by atoms with Crippen LogP contribution in [0.2, 0.25) is 0 Å². The van der Waals surface area contributed by atoms with Crippen LogP contribution in [-0.4, -0.2) is 34.6 Å². The van der Waals surface area contributed by atoms with Gasteiger partial charge in [0.25, 0.3) is 11.8 Å². The average molecular weight is 293 g/mol. The predicted octanol–water partition coefficient (Wildman–Crippen LogP) is 0.547. The fourth-order valence-corrected chi connectivity index (χ4v) is 3.14. The molecule has 1 N–H and O–H groups in total. The van der Waals surface area contributed by atoms with Crippen LogP contribution in [0.3, 0.4) is 0 Å². The maximum atomic E-state index is 12.2. The van der Waals surface area contributed by atoms with Crippen molar-refractivity contribution in [2.24, 2.45) is 5.18 Å². The van der Waals surface area contributed by atoms with Gasteiger partial charge in [0.15, 0.2) is 5.00 Å². The first kappa shape index (κ1) is 12.6. The lowest BCUT2D eigenvalue weighted by Gasteiger charge is -2.27. The summed E-state index contributed by atoms with van der Waals surface area (Å²) in [5.74, 6) is -2.46. The third-order valence-electron chi connectivity index (χ3n) is 3.26. The molecule has 1 saturated heterocycles. The van der Waals surface area contributed by atoms with E-state index in [1.807, 2.05) is 0 Å². The van der Waals surface area contributed by atoms with Gasteiger partial charge in [0.05, 0.1) is 11.1 Å². The lowest BCUT2D eigenvalue weighted by molar-refractivity contribution is -0.136. The monoisotopic (exact) mass is 293 g/mol. The highest BCUT2D eigenvalue weighted by atomic mass is 32.1. The van der Waals surface area contributed by atoms with E-state index in [9.17, 15) is 24.1 Å². The zero-order chi connectivity index (χ0) is 14.4. The zero-order valence-corrected chi connectivity index (χ0v) is 10.7. The molecule has 0 radical (unpaired) electrons. The maximum Gasteiger partial charge on any atom is 0.265 e. The van der Waals surface area contributed by atoms with Gasteiger partial charge in [-0.25, -0.2) is 0 Å². The summed E-state index contributed by atoms with van der Waals surface area (Å²) in [5, 5.41) is 6.10. The second-order valence-corrected chi connectivity index (χ2v) is 5.23. The van der Waals surface area contributed by atoms with Crippen molar-refractivity contribution in [1.29, 1.82) is 0 Å². The van der Waals surface area contributed by atoms with E-state index in [2.05, 4.69) is 10.5 Å². The Morgan fingerprint density at radius 2 is 2.00 bits per heavy atom. The number of hydrogen-bond acceptors (Lipinski definition) is 7. The first-order valence-corrected chi connectivity index (χ1v) is 6.59. The van der Waals surface area contributed by atoms with Gasteiger partial charge in [-0.05, 0) is 11.6 Å². The number of fused-ring (bicyclic) bond motifs is 1. The summed E-state index contributed by atoms with van der Waals surface area (Å²) < 4.78 is 0. The molecule has 2 aliphatic rings. The fourth-order valence-electron chi connectivity index (χ4n) is 2.33. The molecule has 0 saturated carbocycles. The highest BCUT2D eigenvalue weighted by molar-refractivity contribution is 7.14. The van der Waals surface area contributed by atoms with Gasteiger partial charge >= 0.3 is 0 Å². The first-order valence-electron chi connectivity index (χ1n) is 5.71. The van der Waals surface area contributed by atoms with Gasteiger partial charge in [-0.2, -0.15) is 0 Å². The number of nitrogens with one attached hydrogen (secondary N) is 1. The molecule has 1 atom stereocenters. The van der Waals surface area contributed by atoms with E-state index in [0.29, 0.717) is 0 Å². The van der Waals surface area contributed by atoms with E-state index < -0.39 is 29.7 Å². The summed E-state index contributed by atoms with van der Waals surface area (Å²) in [6.45, 7) is 0. The van der Waals surface area contributed by atoms with Gasteiger partial charge in [-0.15, -0.1) is 16.2 Å². The molecule has 0 aliphatic carbocycles. The topological polar surface area (TPSA) is 113 Å². The minimum absolute atomic E-state index is 0.0547. The van der Waals surface area contributed by atoms with Crippen LogP contribution in [0, 0.1) is 4.91 Å². The van der Waals surface area contributed by atoms with Crippen molar-refractivity contribution >= 4 is 40.0 Å². The summed E-state index contributed by atoms with van der Waals surface area (Å²) in [6, 6.07) is -1.02. The highest BCUT2D eigenvalue weighted by Crippen LogP contribution is 2.38. The fraction of sp³-hybridized carbons (Fsp3) is 0.273. The van der Waals surface area contributed by atoms with Gasteiger partial charge in [0, 0.05) is 11.8 Å². The van der Waals surface area contributed by atoms with Crippen molar-refractivity contribution in [3.05, 3.63) is 21.4 Å². The summed E-state index contributed by atoms with van der Waals surface area (Å²) in [5.41, 5.74) is 0.0269. The summed E-state index contributed by atoms with van der Waals surface area (Å²) in [7, 11) is 0. The molecular formula is C11H7N3O5S. The standard InChI is InChI=1S/C11H7N3O5S/c15-6-2-1-5(8(16)12-6)14-10(17)4-3-20-9(13-19)7(4)11(14)18/h3,5H,1-2H2,(H,12,15,16). The number of nitroso groups, excluding NO2 is 1. The number of piperidine rings is 1. The van der Waals surface area contributed by atoms with Gasteiger partial charge < -0.3 is 0 Å². The number of thiophene rings is 1. The summed E-state index contributed by atoms with van der Waals surface area (Å²) in [6.07, 6.45) is 0.138. The predicted molar refractivity (Wildman–Crippen MR) is 66.4 cm³/mol. The molecule has 0 aromatic carbocycles. The Balaban J connectivity index is 1.98. The number of nitrogens with zero attached hydrogens (tertiary/aromatic N) is 2. The maximum absolute atomic E-state index is 12.2. The Morgan fingerprint density at radius 1 is 1.25 bits per heavy atom. The lowest BCUT2D eigenvalue weighted by Crippen LogP contribution is -2.54. The number of rotatable bonds is 2. The molecule has 4 amide bonds. The molecule has 1 aromatic heterocycles. The molecule has 1 aromatic rings. The molecule has 3 rings (SSSR count). The molecule has 1 fully saturated rings. The van der Waals surface area contributed by atoms with Crippen LogP contribution < -0.4 is 5.32 Å². The molecule has 1 unspecified atom stereocenters. The van der Waals surface area contributed by atoms with Crippen molar-refractivity contribution in [2.45, 2.75) is 18.9 Å². The second-order valence-electron chi connectivity index (χ2n) is 4.37. The van der Waals surface area contributed by atoms with Crippen molar-refractivity contribution in [3.8, 4) is 0 Å². The van der Waals surface area contributed by atoms with Crippen LogP contribution in [0.5, 0.6) is 0 Å². The van der Waals surface area contributed by atoms with Crippen molar-refractivity contribution in [3.63, 3.8) is 0 Å². The SMILES string of the molecule is O=Nc1scc2c1C(=O)N(C1CCC(=O)NC1=O)C2=O. The Morgan fingerprint density at radius 3 is 2.65 bits per heavy atom. The second kappa shape index (κ2) is 4.30. The highest BCUT2D eigenvalue weighted by Gasteiger charge is 2.46. The molecule has 0 spiro atoms. The van der Waals surface area contributed by atoms with E-state index in [0.717, 1.165) is 16.2 Å². The van der Waals surface area contributed by atoms with Crippen molar-refractivity contribution in [2.75, 3.05) is 0 Å². The van der Waals surface area contributed by atoms with Crippen LogP contribution in [-0.2, 0) is 9.59 Å². The smallest absolute Gasteiger partial charge is 0.265 e. The normalized spacial score (nSPS) is 22.0. The van der Waals surface area contributed by atoms with Crippen LogP contribution in [0.15, 0.2) is 10.6 Å². The largest absolute Gasteiger partial charge is 0.295 e. The Labute approximate surface area is 115 Å². The Bertz CT molecular complexity index is 680. The Hall–Kier alpha value is -2.42. The molecule has 102 valence electrons. The van der Waals surface area contributed by atoms with Crippen molar-refractivity contribution in [1.82, 2.24) is 10.2 Å². The number of hydrogen-bond donors (Lipinski definition) is 1. The van der Waals surface area contributed by atoms with E-state index in [-0.39, 0.29) is 29.0 Å². The molecular weight excluding hydrogens is 286 g/mol. The van der Waals surface area contributed by atoms with E-state index in [1.54, 1.807) is 0 Å². The van der Waals surface area contributed by atoms with Gasteiger partial charge in [0.1, 0.15) is 6.04 Å². The molecule has 8 nitrogen and oxygen atoms in total. The number of carbonyl (C=O) groups is 4. The van der Waals surface area contributed by atoms with E-state index in [4.69, 9.17) is 0 Å². The number of carbonyl (C=O) groups excluding carboxylic acids is 4. The van der Waals surface area contributed by atoms with Crippen LogP contribution in [0.25, 0.3) is 0 Å². The minimum atomic E-state index is -1.02. The number of imide groups is 2. The molecule has 20 heavy (non-hydrogen) atoms. The number of amides is 4. The molecule has 2 aliphatic heterocycles. The van der Waals surface area contributed by atoms with Gasteiger partial charge in [0.2, 0.25) is 11.8 Å². The molecule has 9 heteroatoms. The minimum Gasteiger partial charge on any atom is -0.295 e. The van der Waals surface area contributed by atoms with E-state index in [1.165, 1.54) is 5.38 Å². The van der Waals surface area contributed by atoms with E-state index >= 15 is 0 Å². The van der Waals surface area contributed by atoms with Crippen LogP contribution in [0.1, 0.15) is 33.6 Å². The van der Waals surface area contributed by atoms with Gasteiger partial charge in [-0.3, -0.25) is 29.4 Å². The molecule has 0 bridgehead atoms. The third-order valence-corrected chi connectivity index (χ3v) is 4.11. The Kier molecular flexibility index (Phi) is 2.71. The lowest BCUT2D eigenvalue weighted by atomic mass is 10.0. The van der Waals surface area contributed by atoms with Gasteiger partial charge in [-0.1, -0.05) is 0 Å². The summed E-state index contributed by atoms with van der Waals surface area (Å²) in [4.78, 5) is 58.7.